The first kappa shape index (κ1) is 17.3. The van der Waals surface area contributed by atoms with Gasteiger partial charge in [0.25, 0.3) is 0 Å². The lowest BCUT2D eigenvalue weighted by Crippen LogP contribution is -2.47. The Balaban J connectivity index is 1.26. The molecule has 0 radical (unpaired) electrons. The minimum absolute atomic E-state index is 0.957. The molecule has 2 aromatic rings. The van der Waals surface area contributed by atoms with Crippen LogP contribution in [0.4, 0.5) is 11.6 Å². The molecule has 0 saturated carbocycles. The number of aromatic nitrogens is 4. The van der Waals surface area contributed by atoms with E-state index in [-0.39, 0.29) is 0 Å². The summed E-state index contributed by atoms with van der Waals surface area (Å²) in [5, 5.41) is 13.4. The second-order valence-electron chi connectivity index (χ2n) is 7.41. The molecule has 0 N–H and O–H groups in total. The van der Waals surface area contributed by atoms with E-state index in [0.717, 1.165) is 64.0 Å². The number of piperazine rings is 1. The van der Waals surface area contributed by atoms with Crippen molar-refractivity contribution in [1.82, 2.24) is 24.9 Å². The number of nitrogens with zero attached hydrogens (tertiary/aromatic N) is 7. The van der Waals surface area contributed by atoms with E-state index in [1.54, 1.807) is 0 Å². The van der Waals surface area contributed by atoms with Crippen LogP contribution >= 0.6 is 0 Å². The molecule has 4 rings (SSSR count). The molecule has 0 aromatic carbocycles. The van der Waals surface area contributed by atoms with Crippen LogP contribution in [0.1, 0.15) is 24.8 Å². The van der Waals surface area contributed by atoms with Gasteiger partial charge in [0, 0.05) is 52.0 Å². The minimum Gasteiger partial charge on any atom is -0.355 e. The summed E-state index contributed by atoms with van der Waals surface area (Å²) in [6.07, 6.45) is 7.90. The van der Waals surface area contributed by atoms with Gasteiger partial charge in [-0.2, -0.15) is 5.10 Å². The third kappa shape index (κ3) is 4.15. The van der Waals surface area contributed by atoms with Crippen LogP contribution in [-0.2, 0) is 6.54 Å². The van der Waals surface area contributed by atoms with E-state index in [1.165, 1.54) is 24.8 Å². The molecular weight excluding hydrogens is 326 g/mol. The third-order valence-corrected chi connectivity index (χ3v) is 5.42. The third-order valence-electron chi connectivity index (χ3n) is 5.42. The van der Waals surface area contributed by atoms with E-state index in [9.17, 15) is 0 Å². The molecular formula is C19H29N7. The van der Waals surface area contributed by atoms with Crippen LogP contribution in [0.2, 0.25) is 0 Å². The topological polar surface area (TPSA) is 53.3 Å². The van der Waals surface area contributed by atoms with Crippen molar-refractivity contribution in [3.05, 3.63) is 30.1 Å². The van der Waals surface area contributed by atoms with Crippen molar-refractivity contribution in [2.24, 2.45) is 0 Å². The number of hydrogen-bond donors (Lipinski definition) is 0. The number of hydrogen-bond acceptors (Lipinski definition) is 6. The standard InChI is InChI=1S/C19H29N7/c1-17-15-20-26(16-17)14-11-23-9-12-25(13-10-23)19-6-5-18(21-22-19)24-7-3-2-4-8-24/h5-6,15-16H,2-4,7-14H2,1H3. The van der Waals surface area contributed by atoms with Crippen molar-refractivity contribution in [3.63, 3.8) is 0 Å². The zero-order valence-corrected chi connectivity index (χ0v) is 15.7. The quantitative estimate of drug-likeness (QED) is 0.815. The van der Waals surface area contributed by atoms with E-state index in [1.807, 2.05) is 10.9 Å². The number of piperidine rings is 1. The highest BCUT2D eigenvalue weighted by Crippen LogP contribution is 2.19. The van der Waals surface area contributed by atoms with Gasteiger partial charge in [-0.3, -0.25) is 9.58 Å². The summed E-state index contributed by atoms with van der Waals surface area (Å²) in [7, 11) is 0. The number of anilines is 2. The molecule has 7 nitrogen and oxygen atoms in total. The van der Waals surface area contributed by atoms with Crippen LogP contribution < -0.4 is 9.80 Å². The van der Waals surface area contributed by atoms with Gasteiger partial charge in [0.15, 0.2) is 11.6 Å². The Kier molecular flexibility index (Phi) is 5.34. The molecule has 2 aliphatic rings. The summed E-state index contributed by atoms with van der Waals surface area (Å²) >= 11 is 0. The molecule has 7 heteroatoms. The summed E-state index contributed by atoms with van der Waals surface area (Å²) in [4.78, 5) is 7.21. The molecule has 4 heterocycles. The van der Waals surface area contributed by atoms with E-state index in [2.05, 4.69) is 55.2 Å². The van der Waals surface area contributed by atoms with E-state index in [4.69, 9.17) is 0 Å². The summed E-state index contributed by atoms with van der Waals surface area (Å²) in [6, 6.07) is 4.28. The van der Waals surface area contributed by atoms with Gasteiger partial charge in [-0.1, -0.05) is 0 Å². The first-order chi connectivity index (χ1) is 12.8. The van der Waals surface area contributed by atoms with Crippen LogP contribution in [0.15, 0.2) is 24.5 Å². The number of rotatable bonds is 5. The molecule has 26 heavy (non-hydrogen) atoms. The van der Waals surface area contributed by atoms with Crippen molar-refractivity contribution in [2.75, 3.05) is 55.6 Å². The van der Waals surface area contributed by atoms with Gasteiger partial charge in [0.05, 0.1) is 12.7 Å². The zero-order valence-electron chi connectivity index (χ0n) is 15.7. The summed E-state index contributed by atoms with van der Waals surface area (Å²) in [6.45, 7) is 10.5. The summed E-state index contributed by atoms with van der Waals surface area (Å²) in [5.74, 6) is 2.04. The molecule has 2 aliphatic heterocycles. The Labute approximate surface area is 155 Å². The van der Waals surface area contributed by atoms with Crippen LogP contribution in [0.5, 0.6) is 0 Å². The Morgan fingerprint density at radius 2 is 1.46 bits per heavy atom. The maximum Gasteiger partial charge on any atom is 0.151 e. The van der Waals surface area contributed by atoms with Gasteiger partial charge in [0.2, 0.25) is 0 Å². The maximum absolute atomic E-state index is 4.50. The fourth-order valence-electron chi connectivity index (χ4n) is 3.81. The van der Waals surface area contributed by atoms with Gasteiger partial charge < -0.3 is 9.80 Å². The Morgan fingerprint density at radius 1 is 0.808 bits per heavy atom. The molecule has 0 amide bonds. The van der Waals surface area contributed by atoms with Crippen LogP contribution in [0.25, 0.3) is 0 Å². The van der Waals surface area contributed by atoms with E-state index in [0.29, 0.717) is 0 Å². The lowest BCUT2D eigenvalue weighted by molar-refractivity contribution is 0.244. The highest BCUT2D eigenvalue weighted by Gasteiger charge is 2.19. The lowest BCUT2D eigenvalue weighted by Gasteiger charge is -2.35. The predicted molar refractivity (Wildman–Crippen MR) is 104 cm³/mol. The van der Waals surface area contributed by atoms with Crippen molar-refractivity contribution in [2.45, 2.75) is 32.7 Å². The summed E-state index contributed by atoms with van der Waals surface area (Å²) < 4.78 is 2.03. The smallest absolute Gasteiger partial charge is 0.151 e. The van der Waals surface area contributed by atoms with E-state index >= 15 is 0 Å². The monoisotopic (exact) mass is 355 g/mol. The van der Waals surface area contributed by atoms with Crippen molar-refractivity contribution in [1.29, 1.82) is 0 Å². The van der Waals surface area contributed by atoms with Gasteiger partial charge in [0.1, 0.15) is 0 Å². The molecule has 0 spiro atoms. The van der Waals surface area contributed by atoms with Gasteiger partial charge >= 0.3 is 0 Å². The first-order valence-corrected chi connectivity index (χ1v) is 9.83. The normalized spacial score (nSPS) is 19.1. The summed E-state index contributed by atoms with van der Waals surface area (Å²) in [5.41, 5.74) is 1.22. The molecule has 2 saturated heterocycles. The van der Waals surface area contributed by atoms with Gasteiger partial charge in [-0.15, -0.1) is 10.2 Å². The second kappa shape index (κ2) is 8.03. The highest BCUT2D eigenvalue weighted by atomic mass is 15.3. The molecule has 0 bridgehead atoms. The molecule has 0 atom stereocenters. The fourth-order valence-corrected chi connectivity index (χ4v) is 3.81. The van der Waals surface area contributed by atoms with Crippen LogP contribution in [-0.4, -0.2) is 70.7 Å². The lowest BCUT2D eigenvalue weighted by atomic mass is 10.1. The van der Waals surface area contributed by atoms with Crippen LogP contribution in [0, 0.1) is 6.92 Å². The predicted octanol–water partition coefficient (Wildman–Crippen LogP) is 1.79. The largest absolute Gasteiger partial charge is 0.355 e. The van der Waals surface area contributed by atoms with Crippen LogP contribution in [0.3, 0.4) is 0 Å². The fraction of sp³-hybridized carbons (Fsp3) is 0.632. The molecule has 2 aromatic heterocycles. The van der Waals surface area contributed by atoms with Crippen molar-refractivity contribution in [3.8, 4) is 0 Å². The SMILES string of the molecule is Cc1cnn(CCN2CCN(c3ccc(N4CCCCC4)nn3)CC2)c1. The Bertz CT molecular complexity index is 682. The highest BCUT2D eigenvalue weighted by molar-refractivity contribution is 5.45. The molecule has 2 fully saturated rings. The van der Waals surface area contributed by atoms with E-state index < -0.39 is 0 Å². The zero-order chi connectivity index (χ0) is 17.8. The average Bonchev–Trinajstić information content (AvgIpc) is 3.13. The first-order valence-electron chi connectivity index (χ1n) is 9.83. The molecule has 0 aliphatic carbocycles. The Hall–Kier alpha value is -2.15. The average molecular weight is 355 g/mol. The maximum atomic E-state index is 4.50. The minimum atomic E-state index is 0.957. The molecule has 140 valence electrons. The van der Waals surface area contributed by atoms with Crippen molar-refractivity contribution < 1.29 is 0 Å². The molecule has 0 unspecified atom stereocenters. The number of aryl methyl sites for hydroxylation is 1. The van der Waals surface area contributed by atoms with Gasteiger partial charge in [-0.05, 0) is 43.9 Å². The van der Waals surface area contributed by atoms with Gasteiger partial charge in [-0.25, -0.2) is 0 Å². The second-order valence-corrected chi connectivity index (χ2v) is 7.41. The van der Waals surface area contributed by atoms with Crippen molar-refractivity contribution >= 4 is 11.6 Å². The Morgan fingerprint density at radius 3 is 2.04 bits per heavy atom.